The highest BCUT2D eigenvalue weighted by molar-refractivity contribution is 7.89. The maximum Gasteiger partial charge on any atom is 0.240 e. The van der Waals surface area contributed by atoms with Gasteiger partial charge in [-0.3, -0.25) is 0 Å². The molecule has 112 valence electrons. The molecule has 1 unspecified atom stereocenters. The van der Waals surface area contributed by atoms with Gasteiger partial charge in [-0.15, -0.1) is 0 Å². The first kappa shape index (κ1) is 15.3. The van der Waals surface area contributed by atoms with Crippen LogP contribution < -0.4 is 15.8 Å². The van der Waals surface area contributed by atoms with Crippen molar-refractivity contribution in [1.29, 1.82) is 0 Å². The first-order valence-corrected chi connectivity index (χ1v) is 8.47. The average Bonchev–Trinajstić information content (AvgIpc) is 3.22. The van der Waals surface area contributed by atoms with Crippen LogP contribution in [-0.4, -0.2) is 26.5 Å². The van der Waals surface area contributed by atoms with E-state index in [1.807, 2.05) is 6.92 Å². The number of sulfonamides is 1. The fourth-order valence-electron chi connectivity index (χ4n) is 1.84. The van der Waals surface area contributed by atoms with Gasteiger partial charge < -0.3 is 11.1 Å². The Labute approximate surface area is 121 Å². The van der Waals surface area contributed by atoms with E-state index in [0.29, 0.717) is 11.4 Å². The molecule has 1 aromatic carbocycles. The number of hydrogen-bond acceptors (Lipinski definition) is 4. The molecular formula is C14H23N3O2S. The average molecular weight is 297 g/mol. The Balaban J connectivity index is 2.09. The van der Waals surface area contributed by atoms with Crippen molar-refractivity contribution in [3.05, 3.63) is 24.3 Å². The van der Waals surface area contributed by atoms with Gasteiger partial charge in [0.2, 0.25) is 10.0 Å². The fourth-order valence-corrected chi connectivity index (χ4v) is 3.14. The normalized spacial score (nSPS) is 18.6. The van der Waals surface area contributed by atoms with E-state index >= 15 is 0 Å². The van der Waals surface area contributed by atoms with E-state index in [9.17, 15) is 8.42 Å². The topological polar surface area (TPSA) is 84.2 Å². The summed E-state index contributed by atoms with van der Waals surface area (Å²) in [4.78, 5) is 0.306. The summed E-state index contributed by atoms with van der Waals surface area (Å²) in [6.45, 7) is 4.64. The number of anilines is 1. The largest absolute Gasteiger partial charge is 0.379 e. The van der Waals surface area contributed by atoms with Gasteiger partial charge in [-0.2, -0.15) is 0 Å². The molecule has 5 nitrogen and oxygen atoms in total. The van der Waals surface area contributed by atoms with Crippen molar-refractivity contribution >= 4 is 15.7 Å². The van der Waals surface area contributed by atoms with Crippen molar-refractivity contribution in [2.45, 2.75) is 49.6 Å². The minimum absolute atomic E-state index is 0.124. The zero-order valence-corrected chi connectivity index (χ0v) is 12.8. The second-order valence-electron chi connectivity index (χ2n) is 5.66. The smallest absolute Gasteiger partial charge is 0.240 e. The van der Waals surface area contributed by atoms with Crippen LogP contribution in [-0.2, 0) is 10.0 Å². The molecule has 0 heterocycles. The van der Waals surface area contributed by atoms with Crippen molar-refractivity contribution in [3.8, 4) is 0 Å². The number of nitrogens with two attached hydrogens (primary N) is 1. The SMILES string of the molecule is CCC(C)(CN)Nc1ccc(S(=O)(=O)NC2CC2)cc1. The van der Waals surface area contributed by atoms with Crippen molar-refractivity contribution in [1.82, 2.24) is 4.72 Å². The quantitative estimate of drug-likeness (QED) is 0.715. The fraction of sp³-hybridized carbons (Fsp3) is 0.571. The van der Waals surface area contributed by atoms with Crippen LogP contribution in [0.3, 0.4) is 0 Å². The second-order valence-corrected chi connectivity index (χ2v) is 7.38. The molecule has 0 radical (unpaired) electrons. The standard InChI is InChI=1S/C14H23N3O2S/c1-3-14(2,10-15)16-11-6-8-13(9-7-11)20(18,19)17-12-4-5-12/h6-9,12,16-17H,3-5,10,15H2,1-2H3. The molecule has 1 aromatic rings. The van der Waals surface area contributed by atoms with Crippen LogP contribution in [0.25, 0.3) is 0 Å². The predicted octanol–water partition coefficient (Wildman–Crippen LogP) is 1.67. The molecule has 0 aliphatic heterocycles. The van der Waals surface area contributed by atoms with Gasteiger partial charge in [0.05, 0.1) is 4.90 Å². The molecule has 1 saturated carbocycles. The number of nitrogens with one attached hydrogen (secondary N) is 2. The van der Waals surface area contributed by atoms with Crippen LogP contribution in [0.15, 0.2) is 29.2 Å². The summed E-state index contributed by atoms with van der Waals surface area (Å²) < 4.78 is 26.7. The minimum Gasteiger partial charge on any atom is -0.379 e. The van der Waals surface area contributed by atoms with Crippen LogP contribution >= 0.6 is 0 Å². The van der Waals surface area contributed by atoms with E-state index < -0.39 is 10.0 Å². The summed E-state index contributed by atoms with van der Waals surface area (Å²) in [5.74, 6) is 0. The van der Waals surface area contributed by atoms with Crippen LogP contribution in [0.4, 0.5) is 5.69 Å². The molecule has 0 spiro atoms. The van der Waals surface area contributed by atoms with Gasteiger partial charge in [0.25, 0.3) is 0 Å². The molecule has 2 rings (SSSR count). The molecule has 1 aliphatic rings. The number of benzene rings is 1. The van der Waals surface area contributed by atoms with Crippen LogP contribution in [0.5, 0.6) is 0 Å². The summed E-state index contributed by atoms with van der Waals surface area (Å²) in [7, 11) is -3.37. The number of hydrogen-bond donors (Lipinski definition) is 3. The van der Waals surface area contributed by atoms with E-state index in [1.165, 1.54) is 0 Å². The molecule has 1 atom stereocenters. The summed E-state index contributed by atoms with van der Waals surface area (Å²) in [6, 6.07) is 6.94. The first-order chi connectivity index (χ1) is 9.38. The van der Waals surface area contributed by atoms with Gasteiger partial charge >= 0.3 is 0 Å². The van der Waals surface area contributed by atoms with Crippen LogP contribution in [0.2, 0.25) is 0 Å². The minimum atomic E-state index is -3.37. The third kappa shape index (κ3) is 3.71. The third-order valence-corrected chi connectivity index (χ3v) is 5.28. The van der Waals surface area contributed by atoms with Crippen molar-refractivity contribution in [2.24, 2.45) is 5.73 Å². The zero-order chi connectivity index (χ0) is 14.8. The summed E-state index contributed by atoms with van der Waals surface area (Å²) in [5.41, 5.74) is 6.46. The van der Waals surface area contributed by atoms with Crippen molar-refractivity contribution in [2.75, 3.05) is 11.9 Å². The van der Waals surface area contributed by atoms with Gasteiger partial charge in [0, 0.05) is 23.8 Å². The molecule has 0 amide bonds. The summed E-state index contributed by atoms with van der Waals surface area (Å²) in [5, 5.41) is 3.35. The molecule has 0 saturated heterocycles. The molecule has 6 heteroatoms. The monoisotopic (exact) mass is 297 g/mol. The maximum atomic E-state index is 12.0. The summed E-state index contributed by atoms with van der Waals surface area (Å²) >= 11 is 0. The van der Waals surface area contributed by atoms with E-state index in [4.69, 9.17) is 5.73 Å². The predicted molar refractivity (Wildman–Crippen MR) is 81.2 cm³/mol. The Bertz CT molecular complexity index is 546. The first-order valence-electron chi connectivity index (χ1n) is 6.99. The molecule has 4 N–H and O–H groups in total. The Morgan fingerprint density at radius 2 is 1.90 bits per heavy atom. The lowest BCUT2D eigenvalue weighted by Crippen LogP contribution is -2.41. The highest BCUT2D eigenvalue weighted by Gasteiger charge is 2.28. The van der Waals surface area contributed by atoms with E-state index in [2.05, 4.69) is 17.0 Å². The van der Waals surface area contributed by atoms with E-state index in [-0.39, 0.29) is 11.6 Å². The highest BCUT2D eigenvalue weighted by atomic mass is 32.2. The lowest BCUT2D eigenvalue weighted by molar-refractivity contribution is 0.506. The van der Waals surface area contributed by atoms with Crippen LogP contribution in [0.1, 0.15) is 33.1 Å². The molecule has 0 bridgehead atoms. The molecular weight excluding hydrogens is 274 g/mol. The second kappa shape index (κ2) is 5.71. The lowest BCUT2D eigenvalue weighted by atomic mass is 9.99. The Hall–Kier alpha value is -1.11. The molecule has 1 fully saturated rings. The number of rotatable bonds is 7. The molecule has 0 aromatic heterocycles. The maximum absolute atomic E-state index is 12.0. The zero-order valence-electron chi connectivity index (χ0n) is 12.0. The highest BCUT2D eigenvalue weighted by Crippen LogP contribution is 2.23. The van der Waals surface area contributed by atoms with Crippen molar-refractivity contribution < 1.29 is 8.42 Å². The van der Waals surface area contributed by atoms with E-state index in [0.717, 1.165) is 24.9 Å². The van der Waals surface area contributed by atoms with Gasteiger partial charge in [-0.25, -0.2) is 13.1 Å². The van der Waals surface area contributed by atoms with Gasteiger partial charge in [-0.1, -0.05) is 6.92 Å². The van der Waals surface area contributed by atoms with E-state index in [1.54, 1.807) is 24.3 Å². The Morgan fingerprint density at radius 3 is 2.35 bits per heavy atom. The van der Waals surface area contributed by atoms with Gasteiger partial charge in [0.15, 0.2) is 0 Å². The van der Waals surface area contributed by atoms with Gasteiger partial charge in [0.1, 0.15) is 0 Å². The molecule has 20 heavy (non-hydrogen) atoms. The summed E-state index contributed by atoms with van der Waals surface area (Å²) in [6.07, 6.45) is 2.77. The van der Waals surface area contributed by atoms with Crippen molar-refractivity contribution in [3.63, 3.8) is 0 Å². The third-order valence-electron chi connectivity index (χ3n) is 3.74. The Kier molecular flexibility index (Phi) is 4.36. The van der Waals surface area contributed by atoms with Crippen LogP contribution in [0, 0.1) is 0 Å². The van der Waals surface area contributed by atoms with Gasteiger partial charge in [-0.05, 0) is 50.5 Å². The Morgan fingerprint density at radius 1 is 1.30 bits per heavy atom. The lowest BCUT2D eigenvalue weighted by Gasteiger charge is -2.29. The molecule has 1 aliphatic carbocycles.